The topological polar surface area (TPSA) is 103 Å². The predicted octanol–water partition coefficient (Wildman–Crippen LogP) is 2.09. The Balaban J connectivity index is 2.79. The van der Waals surface area contributed by atoms with Gasteiger partial charge in [-0.15, -0.1) is 0 Å². The van der Waals surface area contributed by atoms with Crippen LogP contribution in [0.15, 0.2) is 10.5 Å². The standard InChI is InChI=1S/C9H2BrF3N3O4/c10-4-2(9(11,12)13)1-3-5(6(4)16(19)20)15-8(18)7(17)14-3/h1H,(H,14,17). The number of fused-ring (bicyclic) bond motifs is 1. The van der Waals surface area contributed by atoms with Crippen molar-refractivity contribution in [2.24, 2.45) is 0 Å². The Kier molecular flexibility index (Phi) is 3.16. The number of carbonyl (C=O) groups excluding carboxylic acids is 2. The molecule has 0 fully saturated rings. The van der Waals surface area contributed by atoms with Crippen molar-refractivity contribution in [1.29, 1.82) is 0 Å². The first-order valence-corrected chi connectivity index (χ1v) is 5.57. The number of alkyl halides is 3. The molecule has 0 aliphatic carbocycles. The van der Waals surface area contributed by atoms with Crippen molar-refractivity contribution >= 4 is 44.8 Å². The highest BCUT2D eigenvalue weighted by Gasteiger charge is 2.41. The maximum absolute atomic E-state index is 12.8. The monoisotopic (exact) mass is 352 g/mol. The number of rotatable bonds is 1. The second-order valence-electron chi connectivity index (χ2n) is 3.61. The largest absolute Gasteiger partial charge is 0.417 e. The number of hydrogen-bond donors (Lipinski definition) is 1. The quantitative estimate of drug-likeness (QED) is 0.474. The van der Waals surface area contributed by atoms with Crippen LogP contribution in [0.2, 0.25) is 0 Å². The van der Waals surface area contributed by atoms with Gasteiger partial charge in [-0.25, -0.2) is 0 Å². The molecule has 1 heterocycles. The molecule has 0 bridgehead atoms. The molecule has 20 heavy (non-hydrogen) atoms. The van der Waals surface area contributed by atoms with Gasteiger partial charge < -0.3 is 5.32 Å². The Bertz CT molecular complexity index is 659. The fraction of sp³-hybridized carbons (Fsp3) is 0.111. The van der Waals surface area contributed by atoms with Gasteiger partial charge in [-0.3, -0.25) is 19.7 Å². The molecule has 0 aromatic heterocycles. The molecule has 0 atom stereocenters. The number of amides is 2. The van der Waals surface area contributed by atoms with Crippen LogP contribution in [-0.2, 0) is 15.8 Å². The van der Waals surface area contributed by atoms with Crippen molar-refractivity contribution in [3.8, 4) is 0 Å². The number of nitrogens with zero attached hydrogens (tertiary/aromatic N) is 2. The summed E-state index contributed by atoms with van der Waals surface area (Å²) in [5.41, 5.74) is -3.56. The van der Waals surface area contributed by atoms with Crippen LogP contribution < -0.4 is 10.6 Å². The van der Waals surface area contributed by atoms with Crippen molar-refractivity contribution in [2.45, 2.75) is 6.18 Å². The Morgan fingerprint density at radius 1 is 1.35 bits per heavy atom. The number of nitro benzene ring substituents is 1. The van der Waals surface area contributed by atoms with Crippen molar-refractivity contribution in [1.82, 2.24) is 5.32 Å². The summed E-state index contributed by atoms with van der Waals surface area (Å²) in [5, 5.41) is 15.9. The van der Waals surface area contributed by atoms with Gasteiger partial charge in [0, 0.05) is 0 Å². The Morgan fingerprint density at radius 3 is 2.45 bits per heavy atom. The molecule has 0 spiro atoms. The first kappa shape index (κ1) is 14.2. The molecule has 11 heteroatoms. The van der Waals surface area contributed by atoms with Crippen LogP contribution in [0.4, 0.5) is 30.2 Å². The molecule has 0 saturated heterocycles. The average molecular weight is 353 g/mol. The van der Waals surface area contributed by atoms with E-state index >= 15 is 0 Å². The lowest BCUT2D eigenvalue weighted by atomic mass is 10.1. The van der Waals surface area contributed by atoms with Gasteiger partial charge in [0.15, 0.2) is 5.69 Å². The second kappa shape index (κ2) is 4.44. The number of nitro groups is 1. The molecular formula is C9H2BrF3N3O4. The van der Waals surface area contributed by atoms with E-state index < -0.39 is 50.0 Å². The number of halogens is 4. The molecule has 1 N–H and O–H groups in total. The lowest BCUT2D eigenvalue weighted by Gasteiger charge is -2.18. The number of nitrogens with one attached hydrogen (secondary N) is 1. The normalized spacial score (nSPS) is 14.4. The molecule has 1 aliphatic heterocycles. The molecule has 2 amide bonds. The number of anilines is 1. The van der Waals surface area contributed by atoms with E-state index in [9.17, 15) is 32.9 Å². The van der Waals surface area contributed by atoms with E-state index in [-0.39, 0.29) is 0 Å². The summed E-state index contributed by atoms with van der Waals surface area (Å²) >= 11 is 2.49. The van der Waals surface area contributed by atoms with E-state index in [1.54, 1.807) is 0 Å². The summed E-state index contributed by atoms with van der Waals surface area (Å²) in [6.45, 7) is 0. The molecule has 7 nitrogen and oxygen atoms in total. The highest BCUT2D eigenvalue weighted by atomic mass is 79.9. The minimum atomic E-state index is -4.88. The summed E-state index contributed by atoms with van der Waals surface area (Å²) in [5.74, 6) is -2.59. The van der Waals surface area contributed by atoms with E-state index in [4.69, 9.17) is 0 Å². The highest BCUT2D eigenvalue weighted by Crippen LogP contribution is 2.47. The molecular weight excluding hydrogens is 351 g/mol. The molecule has 1 aromatic rings. The minimum absolute atomic E-state index is 0.472. The van der Waals surface area contributed by atoms with Crippen molar-refractivity contribution in [3.05, 3.63) is 26.2 Å². The lowest BCUT2D eigenvalue weighted by Crippen LogP contribution is -2.34. The van der Waals surface area contributed by atoms with E-state index in [2.05, 4.69) is 21.2 Å². The predicted molar refractivity (Wildman–Crippen MR) is 61.2 cm³/mol. The summed E-state index contributed by atoms with van der Waals surface area (Å²) in [6.07, 6.45) is -4.88. The molecule has 1 radical (unpaired) electrons. The zero-order chi connectivity index (χ0) is 15.2. The zero-order valence-electron chi connectivity index (χ0n) is 9.12. The third-order valence-electron chi connectivity index (χ3n) is 2.36. The molecule has 0 saturated carbocycles. The molecule has 105 valence electrons. The van der Waals surface area contributed by atoms with E-state index in [0.29, 0.717) is 6.07 Å². The van der Waals surface area contributed by atoms with E-state index in [0.717, 1.165) is 0 Å². The smallest absolute Gasteiger partial charge is 0.316 e. The third kappa shape index (κ3) is 2.19. The van der Waals surface area contributed by atoms with Crippen LogP contribution in [0, 0.1) is 10.1 Å². The fourth-order valence-corrected chi connectivity index (χ4v) is 2.22. The van der Waals surface area contributed by atoms with Gasteiger partial charge in [-0.05, 0) is 22.0 Å². The van der Waals surface area contributed by atoms with Gasteiger partial charge in [0.1, 0.15) is 4.47 Å². The van der Waals surface area contributed by atoms with Crippen LogP contribution in [-0.4, -0.2) is 16.7 Å². The minimum Gasteiger partial charge on any atom is -0.316 e. The highest BCUT2D eigenvalue weighted by molar-refractivity contribution is 9.10. The second-order valence-corrected chi connectivity index (χ2v) is 4.40. The first-order chi connectivity index (χ1) is 9.12. The van der Waals surface area contributed by atoms with Crippen molar-refractivity contribution in [2.75, 3.05) is 5.32 Å². The maximum atomic E-state index is 12.8. The fourth-order valence-electron chi connectivity index (χ4n) is 1.54. The maximum Gasteiger partial charge on any atom is 0.417 e. The Hall–Kier alpha value is -2.17. The zero-order valence-corrected chi connectivity index (χ0v) is 10.7. The Morgan fingerprint density at radius 2 is 1.95 bits per heavy atom. The van der Waals surface area contributed by atoms with E-state index in [1.165, 1.54) is 0 Å². The molecule has 2 rings (SSSR count). The molecule has 0 unspecified atom stereocenters. The van der Waals surface area contributed by atoms with Gasteiger partial charge in [-0.2, -0.15) is 18.5 Å². The lowest BCUT2D eigenvalue weighted by molar-refractivity contribution is -0.385. The van der Waals surface area contributed by atoms with Crippen LogP contribution in [0.1, 0.15) is 5.56 Å². The number of benzene rings is 1. The summed E-state index contributed by atoms with van der Waals surface area (Å²) in [6, 6.07) is 0.472. The van der Waals surface area contributed by atoms with Crippen LogP contribution in [0.5, 0.6) is 0 Å². The number of carbonyl (C=O) groups is 2. The van der Waals surface area contributed by atoms with Crippen LogP contribution >= 0.6 is 15.9 Å². The van der Waals surface area contributed by atoms with E-state index in [1.807, 2.05) is 5.32 Å². The Labute approximate surface area is 116 Å². The molecule has 1 aliphatic rings. The SMILES string of the molecule is O=C1[N]c2c(cc(C(F)(F)F)c(Br)c2[N+](=O)[O-])NC1=O. The first-order valence-electron chi connectivity index (χ1n) is 4.78. The van der Waals surface area contributed by atoms with Gasteiger partial charge in [0.05, 0.1) is 16.2 Å². The number of hydrogen-bond acceptors (Lipinski definition) is 4. The van der Waals surface area contributed by atoms with Crippen LogP contribution in [0.25, 0.3) is 0 Å². The van der Waals surface area contributed by atoms with Gasteiger partial charge >= 0.3 is 23.7 Å². The van der Waals surface area contributed by atoms with Gasteiger partial charge in [-0.1, -0.05) is 0 Å². The van der Waals surface area contributed by atoms with Crippen LogP contribution in [0.3, 0.4) is 0 Å². The summed E-state index contributed by atoms with van der Waals surface area (Å²) in [4.78, 5) is 31.9. The average Bonchev–Trinajstić information content (AvgIpc) is 2.28. The van der Waals surface area contributed by atoms with Gasteiger partial charge in [0.2, 0.25) is 0 Å². The molecule has 1 aromatic carbocycles. The van der Waals surface area contributed by atoms with Crippen molar-refractivity contribution < 1.29 is 27.7 Å². The summed E-state index contributed by atoms with van der Waals surface area (Å²) < 4.78 is 37.5. The van der Waals surface area contributed by atoms with Crippen molar-refractivity contribution in [3.63, 3.8) is 0 Å². The third-order valence-corrected chi connectivity index (χ3v) is 3.16. The van der Waals surface area contributed by atoms with Gasteiger partial charge in [0.25, 0.3) is 0 Å². The summed E-state index contributed by atoms with van der Waals surface area (Å²) in [7, 11) is 0.